The number of rotatable bonds is 7. The highest BCUT2D eigenvalue weighted by atomic mass is 16.5. The summed E-state index contributed by atoms with van der Waals surface area (Å²) in [5.41, 5.74) is 1.87. The van der Waals surface area contributed by atoms with Gasteiger partial charge in [-0.2, -0.15) is 0 Å². The minimum atomic E-state index is -0.0285. The van der Waals surface area contributed by atoms with Crippen LogP contribution in [0, 0.1) is 5.92 Å². The molecule has 0 atom stereocenters. The van der Waals surface area contributed by atoms with Crippen molar-refractivity contribution in [2.24, 2.45) is 5.92 Å². The number of carbonyl (C=O) groups is 2. The van der Waals surface area contributed by atoms with Gasteiger partial charge in [0, 0.05) is 25.6 Å². The zero-order valence-corrected chi connectivity index (χ0v) is 16.4. The number of nitrogens with one attached hydrogen (secondary N) is 1. The van der Waals surface area contributed by atoms with Crippen molar-refractivity contribution in [2.75, 3.05) is 26.7 Å². The summed E-state index contributed by atoms with van der Waals surface area (Å²) in [6.45, 7) is 1.88. The van der Waals surface area contributed by atoms with Gasteiger partial charge in [-0.3, -0.25) is 9.59 Å². The molecule has 0 spiro atoms. The molecule has 2 amide bonds. The van der Waals surface area contributed by atoms with Gasteiger partial charge in [0.1, 0.15) is 5.75 Å². The highest BCUT2D eigenvalue weighted by Crippen LogP contribution is 2.23. The zero-order chi connectivity index (χ0) is 19.8. The van der Waals surface area contributed by atoms with Gasteiger partial charge in [-0.15, -0.1) is 0 Å². The second-order valence-corrected chi connectivity index (χ2v) is 7.15. The first-order valence-electron chi connectivity index (χ1n) is 9.93. The predicted octanol–water partition coefficient (Wildman–Crippen LogP) is 3.30. The molecule has 0 aliphatic carbocycles. The second kappa shape index (κ2) is 9.93. The molecule has 0 saturated carbocycles. The lowest BCUT2D eigenvalue weighted by Crippen LogP contribution is -2.43. The third kappa shape index (κ3) is 5.12. The van der Waals surface area contributed by atoms with E-state index in [0.29, 0.717) is 43.8 Å². The summed E-state index contributed by atoms with van der Waals surface area (Å²) in [5, 5.41) is 3.05. The average Bonchev–Trinajstić information content (AvgIpc) is 2.77. The minimum Gasteiger partial charge on any atom is -0.496 e. The average molecular weight is 380 g/mol. The van der Waals surface area contributed by atoms with E-state index in [1.54, 1.807) is 19.2 Å². The van der Waals surface area contributed by atoms with E-state index in [0.717, 1.165) is 12.8 Å². The topological polar surface area (TPSA) is 58.6 Å². The van der Waals surface area contributed by atoms with Crippen LogP contribution >= 0.6 is 0 Å². The Balaban J connectivity index is 1.42. The molecule has 148 valence electrons. The standard InChI is InChI=1S/C23H28N2O3/c1-28-21-12-6-5-11-20(21)23(27)25-16-13-19(14-17-25)22(26)24-15-7-10-18-8-3-2-4-9-18/h2-6,8-9,11-12,19H,7,10,13-17H2,1H3,(H,24,26). The highest BCUT2D eigenvalue weighted by Gasteiger charge is 2.28. The Kier molecular flexibility index (Phi) is 7.06. The fraction of sp³-hybridized carbons (Fsp3) is 0.391. The number of benzene rings is 2. The summed E-state index contributed by atoms with van der Waals surface area (Å²) in [6, 6.07) is 17.6. The van der Waals surface area contributed by atoms with Crippen LogP contribution in [0.15, 0.2) is 54.6 Å². The van der Waals surface area contributed by atoms with Gasteiger partial charge in [-0.25, -0.2) is 0 Å². The van der Waals surface area contributed by atoms with Gasteiger partial charge in [0.2, 0.25) is 5.91 Å². The van der Waals surface area contributed by atoms with Gasteiger partial charge in [0.15, 0.2) is 0 Å². The van der Waals surface area contributed by atoms with Gasteiger partial charge in [-0.05, 0) is 43.4 Å². The van der Waals surface area contributed by atoms with Crippen molar-refractivity contribution >= 4 is 11.8 Å². The van der Waals surface area contributed by atoms with Gasteiger partial charge in [0.05, 0.1) is 12.7 Å². The van der Waals surface area contributed by atoms with Gasteiger partial charge in [-0.1, -0.05) is 42.5 Å². The molecule has 1 aliphatic heterocycles. The molecule has 1 saturated heterocycles. The van der Waals surface area contributed by atoms with E-state index in [9.17, 15) is 9.59 Å². The SMILES string of the molecule is COc1ccccc1C(=O)N1CCC(C(=O)NCCCc2ccccc2)CC1. The molecule has 1 fully saturated rings. The van der Waals surface area contributed by atoms with E-state index in [2.05, 4.69) is 17.4 Å². The Morgan fingerprint density at radius 2 is 1.71 bits per heavy atom. The monoisotopic (exact) mass is 380 g/mol. The second-order valence-electron chi connectivity index (χ2n) is 7.15. The van der Waals surface area contributed by atoms with Crippen LogP contribution in [0.1, 0.15) is 35.2 Å². The van der Waals surface area contributed by atoms with Crippen molar-refractivity contribution in [3.8, 4) is 5.75 Å². The van der Waals surface area contributed by atoms with Gasteiger partial charge in [0.25, 0.3) is 5.91 Å². The van der Waals surface area contributed by atoms with Crippen LogP contribution in [0.25, 0.3) is 0 Å². The van der Waals surface area contributed by atoms with Gasteiger partial charge < -0.3 is 15.0 Å². The number of carbonyl (C=O) groups excluding carboxylic acids is 2. The summed E-state index contributed by atoms with van der Waals surface area (Å²) in [5.74, 6) is 0.654. The lowest BCUT2D eigenvalue weighted by atomic mass is 9.95. The summed E-state index contributed by atoms with van der Waals surface area (Å²) in [6.07, 6.45) is 3.30. The fourth-order valence-electron chi connectivity index (χ4n) is 3.63. The smallest absolute Gasteiger partial charge is 0.257 e. The molecule has 2 aromatic carbocycles. The molecule has 1 aliphatic rings. The van der Waals surface area contributed by atoms with Crippen molar-refractivity contribution in [1.29, 1.82) is 0 Å². The molecule has 1 N–H and O–H groups in total. The van der Waals surface area contributed by atoms with Crippen LogP contribution in [-0.2, 0) is 11.2 Å². The van der Waals surface area contributed by atoms with E-state index < -0.39 is 0 Å². The number of likely N-dealkylation sites (tertiary alicyclic amines) is 1. The van der Waals surface area contributed by atoms with E-state index >= 15 is 0 Å². The first-order valence-corrected chi connectivity index (χ1v) is 9.93. The predicted molar refractivity (Wildman–Crippen MR) is 109 cm³/mol. The van der Waals surface area contributed by atoms with E-state index in [1.165, 1.54) is 5.56 Å². The van der Waals surface area contributed by atoms with E-state index in [1.807, 2.05) is 35.2 Å². The van der Waals surface area contributed by atoms with Crippen molar-refractivity contribution in [3.63, 3.8) is 0 Å². The lowest BCUT2D eigenvalue weighted by molar-refractivity contribution is -0.126. The molecule has 0 bridgehead atoms. The van der Waals surface area contributed by atoms with Crippen molar-refractivity contribution in [1.82, 2.24) is 10.2 Å². The quantitative estimate of drug-likeness (QED) is 0.750. The summed E-state index contributed by atoms with van der Waals surface area (Å²) in [4.78, 5) is 27.0. The Hall–Kier alpha value is -2.82. The molecule has 0 aromatic heterocycles. The number of amides is 2. The van der Waals surface area contributed by atoms with Crippen LogP contribution in [0.5, 0.6) is 5.75 Å². The Morgan fingerprint density at radius 3 is 2.43 bits per heavy atom. The van der Waals surface area contributed by atoms with E-state index in [-0.39, 0.29) is 17.7 Å². The van der Waals surface area contributed by atoms with Crippen molar-refractivity contribution in [3.05, 3.63) is 65.7 Å². The zero-order valence-electron chi connectivity index (χ0n) is 16.4. The van der Waals surface area contributed by atoms with E-state index in [4.69, 9.17) is 4.74 Å². The van der Waals surface area contributed by atoms with Crippen molar-refractivity contribution in [2.45, 2.75) is 25.7 Å². The summed E-state index contributed by atoms with van der Waals surface area (Å²) >= 11 is 0. The number of aryl methyl sites for hydroxylation is 1. The third-order valence-electron chi connectivity index (χ3n) is 5.27. The number of hydrogen-bond acceptors (Lipinski definition) is 3. The molecule has 0 radical (unpaired) electrons. The Bertz CT molecular complexity index is 783. The van der Waals surface area contributed by atoms with Gasteiger partial charge >= 0.3 is 0 Å². The largest absolute Gasteiger partial charge is 0.496 e. The third-order valence-corrected chi connectivity index (χ3v) is 5.27. The van der Waals surface area contributed by atoms with Crippen LogP contribution in [0.4, 0.5) is 0 Å². The normalized spacial score (nSPS) is 14.5. The Morgan fingerprint density at radius 1 is 1.04 bits per heavy atom. The maximum atomic E-state index is 12.7. The maximum Gasteiger partial charge on any atom is 0.257 e. The van der Waals surface area contributed by atoms with Crippen LogP contribution < -0.4 is 10.1 Å². The molecule has 5 nitrogen and oxygen atoms in total. The first-order chi connectivity index (χ1) is 13.7. The number of para-hydroxylation sites is 1. The van der Waals surface area contributed by atoms with Crippen LogP contribution in [-0.4, -0.2) is 43.5 Å². The molecular weight excluding hydrogens is 352 g/mol. The number of nitrogens with zero attached hydrogens (tertiary/aromatic N) is 1. The molecule has 0 unspecified atom stereocenters. The molecule has 5 heteroatoms. The minimum absolute atomic E-state index is 0.0153. The van der Waals surface area contributed by atoms with Crippen LogP contribution in [0.3, 0.4) is 0 Å². The number of methoxy groups -OCH3 is 1. The lowest BCUT2D eigenvalue weighted by Gasteiger charge is -2.31. The van der Waals surface area contributed by atoms with Crippen molar-refractivity contribution < 1.29 is 14.3 Å². The molecule has 2 aromatic rings. The molecule has 1 heterocycles. The summed E-state index contributed by atoms with van der Waals surface area (Å²) in [7, 11) is 1.57. The molecule has 3 rings (SSSR count). The number of ether oxygens (including phenoxy) is 1. The number of piperidine rings is 1. The molecule has 28 heavy (non-hydrogen) atoms. The fourth-order valence-corrected chi connectivity index (χ4v) is 3.63. The highest BCUT2D eigenvalue weighted by molar-refractivity contribution is 5.97. The maximum absolute atomic E-state index is 12.7. The Labute approximate surface area is 166 Å². The summed E-state index contributed by atoms with van der Waals surface area (Å²) < 4.78 is 5.29. The number of hydrogen-bond donors (Lipinski definition) is 1. The van der Waals surface area contributed by atoms with Crippen LogP contribution in [0.2, 0.25) is 0 Å². The molecular formula is C23H28N2O3. The first kappa shape index (κ1) is 19.9.